The lowest BCUT2D eigenvalue weighted by atomic mass is 10.1. The number of hydrogen-bond acceptors (Lipinski definition) is 3. The molecule has 0 atom stereocenters. The van der Waals surface area contributed by atoms with Gasteiger partial charge in [0.05, 0.1) is 7.11 Å². The van der Waals surface area contributed by atoms with Crippen molar-refractivity contribution in [3.63, 3.8) is 0 Å². The number of carbonyl (C=O) groups is 1. The largest absolute Gasteiger partial charge is 0.496 e. The first-order chi connectivity index (χ1) is 12.1. The highest BCUT2D eigenvalue weighted by Crippen LogP contribution is 2.22. The van der Waals surface area contributed by atoms with E-state index < -0.39 is 0 Å². The van der Waals surface area contributed by atoms with Crippen LogP contribution in [0.1, 0.15) is 15.9 Å². The third kappa shape index (κ3) is 4.30. The molecule has 0 saturated carbocycles. The van der Waals surface area contributed by atoms with E-state index in [4.69, 9.17) is 16.3 Å². The van der Waals surface area contributed by atoms with E-state index in [0.717, 1.165) is 18.7 Å². The average Bonchev–Trinajstić information content (AvgIpc) is 2.63. The van der Waals surface area contributed by atoms with Gasteiger partial charge in [0, 0.05) is 48.9 Å². The van der Waals surface area contributed by atoms with E-state index in [-0.39, 0.29) is 11.7 Å². The Labute approximate surface area is 151 Å². The summed E-state index contributed by atoms with van der Waals surface area (Å²) in [6.07, 6.45) is 0. The number of hydrogen-bond donors (Lipinski definition) is 0. The number of benzene rings is 2. The summed E-state index contributed by atoms with van der Waals surface area (Å²) in [5.74, 6) is 0.424. The summed E-state index contributed by atoms with van der Waals surface area (Å²) in [6, 6.07) is 11.5. The molecule has 0 aromatic heterocycles. The Bertz CT molecular complexity index is 744. The van der Waals surface area contributed by atoms with Crippen molar-refractivity contribution in [3.8, 4) is 5.75 Å². The predicted molar refractivity (Wildman–Crippen MR) is 95.6 cm³/mol. The second-order valence-corrected chi connectivity index (χ2v) is 6.47. The van der Waals surface area contributed by atoms with Gasteiger partial charge in [0.1, 0.15) is 11.6 Å². The van der Waals surface area contributed by atoms with E-state index in [0.29, 0.717) is 36.0 Å². The molecule has 2 aromatic carbocycles. The van der Waals surface area contributed by atoms with Crippen LogP contribution >= 0.6 is 11.6 Å². The molecule has 0 unspecified atom stereocenters. The molecule has 1 aliphatic rings. The van der Waals surface area contributed by atoms with Gasteiger partial charge in [0.2, 0.25) is 0 Å². The van der Waals surface area contributed by atoms with Crippen LogP contribution in [0.15, 0.2) is 42.5 Å². The quantitative estimate of drug-likeness (QED) is 0.835. The minimum Gasteiger partial charge on any atom is -0.496 e. The van der Waals surface area contributed by atoms with Crippen molar-refractivity contribution in [2.45, 2.75) is 6.54 Å². The topological polar surface area (TPSA) is 32.8 Å². The number of halogens is 2. The lowest BCUT2D eigenvalue weighted by Crippen LogP contribution is -2.48. The van der Waals surface area contributed by atoms with Gasteiger partial charge in [-0.25, -0.2) is 4.39 Å². The summed E-state index contributed by atoms with van der Waals surface area (Å²) in [7, 11) is 1.58. The zero-order valence-corrected chi connectivity index (χ0v) is 14.8. The fraction of sp³-hybridized carbons (Fsp3) is 0.316. The monoisotopic (exact) mass is 362 g/mol. The molecule has 0 bridgehead atoms. The van der Waals surface area contributed by atoms with Crippen molar-refractivity contribution in [2.75, 3.05) is 33.3 Å². The Balaban J connectivity index is 1.59. The Morgan fingerprint density at radius 1 is 1.12 bits per heavy atom. The molecule has 2 aromatic rings. The SMILES string of the molecule is COc1ccc(F)cc1CN1CCN(C(=O)c2ccc(Cl)cc2)CC1. The van der Waals surface area contributed by atoms with Gasteiger partial charge in [0.25, 0.3) is 5.91 Å². The van der Waals surface area contributed by atoms with E-state index in [1.807, 2.05) is 4.90 Å². The number of piperazine rings is 1. The van der Waals surface area contributed by atoms with Crippen LogP contribution in [0.5, 0.6) is 5.75 Å². The third-order valence-corrected chi connectivity index (χ3v) is 4.64. The van der Waals surface area contributed by atoms with Crippen LogP contribution in [0, 0.1) is 5.82 Å². The van der Waals surface area contributed by atoms with Gasteiger partial charge >= 0.3 is 0 Å². The summed E-state index contributed by atoms with van der Waals surface area (Å²) in [4.78, 5) is 16.5. The van der Waals surface area contributed by atoms with Crippen LogP contribution in [0.25, 0.3) is 0 Å². The average molecular weight is 363 g/mol. The minimum atomic E-state index is -0.271. The third-order valence-electron chi connectivity index (χ3n) is 4.39. The summed E-state index contributed by atoms with van der Waals surface area (Å²) in [5.41, 5.74) is 1.46. The van der Waals surface area contributed by atoms with E-state index in [1.54, 1.807) is 37.4 Å². The minimum absolute atomic E-state index is 0.0136. The first-order valence-electron chi connectivity index (χ1n) is 8.16. The van der Waals surface area contributed by atoms with Gasteiger partial charge in [-0.15, -0.1) is 0 Å². The number of nitrogens with zero attached hydrogens (tertiary/aromatic N) is 2. The number of methoxy groups -OCH3 is 1. The number of amides is 1. The number of carbonyl (C=O) groups excluding carboxylic acids is 1. The van der Waals surface area contributed by atoms with Crippen LogP contribution in [-0.4, -0.2) is 49.0 Å². The molecule has 1 saturated heterocycles. The number of rotatable bonds is 4. The lowest BCUT2D eigenvalue weighted by molar-refractivity contribution is 0.0627. The fourth-order valence-electron chi connectivity index (χ4n) is 3.00. The number of ether oxygens (including phenoxy) is 1. The highest BCUT2D eigenvalue weighted by atomic mass is 35.5. The van der Waals surface area contributed by atoms with Crippen molar-refractivity contribution >= 4 is 17.5 Å². The molecular weight excluding hydrogens is 343 g/mol. The van der Waals surface area contributed by atoms with E-state index in [2.05, 4.69) is 4.90 Å². The van der Waals surface area contributed by atoms with Crippen molar-refractivity contribution < 1.29 is 13.9 Å². The molecular formula is C19H20ClFN2O2. The first kappa shape index (κ1) is 17.7. The zero-order valence-electron chi connectivity index (χ0n) is 14.0. The normalized spacial score (nSPS) is 15.2. The van der Waals surface area contributed by atoms with Crippen molar-refractivity contribution in [1.29, 1.82) is 0 Å². The molecule has 0 aliphatic carbocycles. The summed E-state index contributed by atoms with van der Waals surface area (Å²) < 4.78 is 18.8. The maximum atomic E-state index is 13.5. The Morgan fingerprint density at radius 3 is 2.44 bits per heavy atom. The highest BCUT2D eigenvalue weighted by molar-refractivity contribution is 6.30. The van der Waals surface area contributed by atoms with Gasteiger partial charge in [-0.05, 0) is 42.5 Å². The standard InChI is InChI=1S/C19H20ClFN2O2/c1-25-18-7-6-17(21)12-15(18)13-22-8-10-23(11-9-22)19(24)14-2-4-16(20)5-3-14/h2-7,12H,8-11,13H2,1H3. The lowest BCUT2D eigenvalue weighted by Gasteiger charge is -2.35. The smallest absolute Gasteiger partial charge is 0.253 e. The molecule has 1 heterocycles. The molecule has 4 nitrogen and oxygen atoms in total. The van der Waals surface area contributed by atoms with Crippen LogP contribution in [-0.2, 0) is 6.54 Å². The predicted octanol–water partition coefficient (Wildman–Crippen LogP) is 3.45. The summed E-state index contributed by atoms with van der Waals surface area (Å²) >= 11 is 5.87. The van der Waals surface area contributed by atoms with Gasteiger partial charge in [0.15, 0.2) is 0 Å². The maximum absolute atomic E-state index is 13.5. The molecule has 6 heteroatoms. The summed E-state index contributed by atoms with van der Waals surface area (Å²) in [6.45, 7) is 3.35. The molecule has 3 rings (SSSR count). The Morgan fingerprint density at radius 2 is 1.80 bits per heavy atom. The van der Waals surface area contributed by atoms with Gasteiger partial charge in [-0.3, -0.25) is 9.69 Å². The zero-order chi connectivity index (χ0) is 17.8. The van der Waals surface area contributed by atoms with Crippen molar-refractivity contribution in [1.82, 2.24) is 9.80 Å². The van der Waals surface area contributed by atoms with Crippen LogP contribution in [0.3, 0.4) is 0 Å². The molecule has 1 amide bonds. The molecule has 25 heavy (non-hydrogen) atoms. The fourth-order valence-corrected chi connectivity index (χ4v) is 3.12. The Hall–Kier alpha value is -2.11. The highest BCUT2D eigenvalue weighted by Gasteiger charge is 2.22. The Kier molecular flexibility index (Phi) is 5.56. The second kappa shape index (κ2) is 7.85. The maximum Gasteiger partial charge on any atom is 0.253 e. The van der Waals surface area contributed by atoms with Crippen molar-refractivity contribution in [2.24, 2.45) is 0 Å². The second-order valence-electron chi connectivity index (χ2n) is 6.03. The van der Waals surface area contributed by atoms with E-state index in [1.165, 1.54) is 12.1 Å². The van der Waals surface area contributed by atoms with E-state index >= 15 is 0 Å². The first-order valence-corrected chi connectivity index (χ1v) is 8.54. The van der Waals surface area contributed by atoms with E-state index in [9.17, 15) is 9.18 Å². The molecule has 0 spiro atoms. The van der Waals surface area contributed by atoms with Crippen molar-refractivity contribution in [3.05, 3.63) is 64.4 Å². The molecule has 132 valence electrons. The summed E-state index contributed by atoms with van der Waals surface area (Å²) in [5, 5.41) is 0.616. The molecule has 1 aliphatic heterocycles. The molecule has 0 radical (unpaired) electrons. The van der Waals surface area contributed by atoms with Crippen LogP contribution in [0.4, 0.5) is 4.39 Å². The van der Waals surface area contributed by atoms with Gasteiger partial charge in [-0.2, -0.15) is 0 Å². The van der Waals surface area contributed by atoms with Gasteiger partial charge < -0.3 is 9.64 Å². The van der Waals surface area contributed by atoms with Crippen LogP contribution in [0.2, 0.25) is 5.02 Å². The molecule has 0 N–H and O–H groups in total. The molecule has 1 fully saturated rings. The van der Waals surface area contributed by atoms with Crippen LogP contribution < -0.4 is 4.74 Å². The van der Waals surface area contributed by atoms with Gasteiger partial charge in [-0.1, -0.05) is 11.6 Å².